The maximum absolute atomic E-state index is 12.9. The van der Waals surface area contributed by atoms with Gasteiger partial charge in [0.15, 0.2) is 5.76 Å². The fraction of sp³-hybridized carbons (Fsp3) is 0.417. The summed E-state index contributed by atoms with van der Waals surface area (Å²) < 4.78 is 5.04. The van der Waals surface area contributed by atoms with Crippen LogP contribution < -0.4 is 10.6 Å². The van der Waals surface area contributed by atoms with Crippen LogP contribution in [0.15, 0.2) is 47.1 Å². The van der Waals surface area contributed by atoms with Crippen LogP contribution in [0.25, 0.3) is 0 Å². The molecule has 0 aliphatic heterocycles. The molecular formula is C24H28N2O7. The molecule has 0 unspecified atom stereocenters. The quantitative estimate of drug-likeness (QED) is 0.477. The van der Waals surface area contributed by atoms with Crippen molar-refractivity contribution in [3.63, 3.8) is 0 Å². The summed E-state index contributed by atoms with van der Waals surface area (Å²) in [6, 6.07) is 8.57. The number of nitrogens with one attached hydrogen (secondary N) is 2. The minimum atomic E-state index is -1.18. The van der Waals surface area contributed by atoms with Crippen molar-refractivity contribution in [1.29, 1.82) is 0 Å². The second-order valence-corrected chi connectivity index (χ2v) is 9.18. The van der Waals surface area contributed by atoms with Gasteiger partial charge in [-0.15, -0.1) is 0 Å². The smallest absolute Gasteiger partial charge is 0.326 e. The zero-order valence-corrected chi connectivity index (χ0v) is 18.8. The van der Waals surface area contributed by atoms with Gasteiger partial charge in [0.2, 0.25) is 5.91 Å². The third-order valence-electron chi connectivity index (χ3n) is 7.03. The fourth-order valence-corrected chi connectivity index (χ4v) is 4.37. The Labute approximate surface area is 191 Å². The zero-order valence-electron chi connectivity index (χ0n) is 18.8. The molecule has 0 radical (unpaired) electrons. The van der Waals surface area contributed by atoms with Gasteiger partial charge in [-0.25, -0.2) is 4.79 Å². The Kier molecular flexibility index (Phi) is 6.62. The van der Waals surface area contributed by atoms with Crippen molar-refractivity contribution in [2.24, 2.45) is 16.7 Å². The van der Waals surface area contributed by atoms with E-state index in [1.54, 1.807) is 51.1 Å². The van der Waals surface area contributed by atoms with E-state index in [1.165, 1.54) is 12.3 Å². The highest BCUT2D eigenvalue weighted by Crippen LogP contribution is 2.56. The van der Waals surface area contributed by atoms with Crippen molar-refractivity contribution in [2.75, 3.05) is 5.32 Å². The van der Waals surface area contributed by atoms with Crippen molar-refractivity contribution >= 4 is 29.4 Å². The number of hydrogen-bond acceptors (Lipinski definition) is 5. The molecule has 1 fully saturated rings. The zero-order chi connectivity index (χ0) is 24.4. The first-order chi connectivity index (χ1) is 15.5. The number of rotatable bonds is 8. The van der Waals surface area contributed by atoms with Crippen molar-refractivity contribution in [1.82, 2.24) is 5.32 Å². The number of anilines is 1. The summed E-state index contributed by atoms with van der Waals surface area (Å²) in [6.45, 7) is 5.11. The van der Waals surface area contributed by atoms with Crippen molar-refractivity contribution < 1.29 is 33.8 Å². The largest absolute Gasteiger partial charge is 0.481 e. The van der Waals surface area contributed by atoms with Crippen LogP contribution in [-0.2, 0) is 20.8 Å². The molecule has 9 heteroatoms. The fourth-order valence-electron chi connectivity index (χ4n) is 4.37. The van der Waals surface area contributed by atoms with Gasteiger partial charge in [0.1, 0.15) is 6.04 Å². The number of hydrogen-bond donors (Lipinski definition) is 4. The van der Waals surface area contributed by atoms with Gasteiger partial charge >= 0.3 is 11.9 Å². The highest BCUT2D eigenvalue weighted by atomic mass is 16.4. The summed E-state index contributed by atoms with van der Waals surface area (Å²) in [7, 11) is 0. The molecule has 3 atom stereocenters. The van der Waals surface area contributed by atoms with E-state index in [2.05, 4.69) is 10.6 Å². The Morgan fingerprint density at radius 2 is 1.76 bits per heavy atom. The lowest BCUT2D eigenvalue weighted by atomic mass is 9.65. The molecule has 176 valence electrons. The minimum Gasteiger partial charge on any atom is -0.481 e. The van der Waals surface area contributed by atoms with Crippen LogP contribution in [0.5, 0.6) is 0 Å². The molecular weight excluding hydrogens is 428 g/mol. The number of amides is 2. The number of furan rings is 1. The van der Waals surface area contributed by atoms with Crippen molar-refractivity contribution in [3.05, 3.63) is 54.0 Å². The van der Waals surface area contributed by atoms with Gasteiger partial charge < -0.3 is 25.3 Å². The Hall–Kier alpha value is -3.62. The summed E-state index contributed by atoms with van der Waals surface area (Å²) in [5, 5.41) is 24.6. The van der Waals surface area contributed by atoms with Crippen LogP contribution in [0.4, 0.5) is 5.69 Å². The van der Waals surface area contributed by atoms with Crippen molar-refractivity contribution in [2.45, 2.75) is 46.1 Å². The number of carboxylic acid groups (broad SMARTS) is 2. The van der Waals surface area contributed by atoms with Crippen LogP contribution in [0.3, 0.4) is 0 Å². The van der Waals surface area contributed by atoms with Gasteiger partial charge in [-0.2, -0.15) is 0 Å². The van der Waals surface area contributed by atoms with Gasteiger partial charge in [-0.05, 0) is 55.0 Å². The average molecular weight is 456 g/mol. The van der Waals surface area contributed by atoms with E-state index >= 15 is 0 Å². The van der Waals surface area contributed by atoms with Crippen LogP contribution in [0.1, 0.15) is 49.7 Å². The average Bonchev–Trinajstić information content (AvgIpc) is 3.36. The molecule has 0 bridgehead atoms. The first-order valence-corrected chi connectivity index (χ1v) is 10.7. The predicted octanol–water partition coefficient (Wildman–Crippen LogP) is 3.17. The molecule has 1 aromatic heterocycles. The number of carboxylic acids is 2. The summed E-state index contributed by atoms with van der Waals surface area (Å²) in [4.78, 5) is 48.6. The first kappa shape index (κ1) is 24.0. The van der Waals surface area contributed by atoms with Gasteiger partial charge in [0.05, 0.1) is 11.7 Å². The van der Waals surface area contributed by atoms with Gasteiger partial charge in [-0.3, -0.25) is 14.4 Å². The molecule has 0 spiro atoms. The third-order valence-corrected chi connectivity index (χ3v) is 7.03. The predicted molar refractivity (Wildman–Crippen MR) is 119 cm³/mol. The Bertz CT molecular complexity index is 1040. The van der Waals surface area contributed by atoms with Crippen LogP contribution in [-0.4, -0.2) is 40.0 Å². The molecule has 0 saturated heterocycles. The lowest BCUT2D eigenvalue weighted by Crippen LogP contribution is -2.49. The molecule has 33 heavy (non-hydrogen) atoms. The normalized spacial score (nSPS) is 22.3. The number of carbonyl (C=O) groups is 4. The van der Waals surface area contributed by atoms with Gasteiger partial charge in [0.25, 0.3) is 5.91 Å². The van der Waals surface area contributed by atoms with Crippen LogP contribution in [0.2, 0.25) is 0 Å². The lowest BCUT2D eigenvalue weighted by Gasteiger charge is -2.38. The molecule has 1 aliphatic carbocycles. The molecule has 3 rings (SSSR count). The molecule has 1 saturated carbocycles. The molecule has 9 nitrogen and oxygen atoms in total. The van der Waals surface area contributed by atoms with E-state index in [0.717, 1.165) is 0 Å². The molecule has 2 amide bonds. The van der Waals surface area contributed by atoms with E-state index in [1.807, 2.05) is 0 Å². The van der Waals surface area contributed by atoms with E-state index in [4.69, 9.17) is 4.42 Å². The molecule has 1 aliphatic rings. The van der Waals surface area contributed by atoms with Crippen LogP contribution >= 0.6 is 0 Å². The molecule has 2 aromatic rings. The Morgan fingerprint density at radius 3 is 2.27 bits per heavy atom. The van der Waals surface area contributed by atoms with Gasteiger partial charge in [-0.1, -0.05) is 26.0 Å². The highest BCUT2D eigenvalue weighted by molar-refractivity contribution is 6.02. The number of aliphatic carboxylic acids is 2. The third kappa shape index (κ3) is 4.76. The maximum Gasteiger partial charge on any atom is 0.326 e. The monoisotopic (exact) mass is 456 g/mol. The van der Waals surface area contributed by atoms with Gasteiger partial charge in [0, 0.05) is 18.0 Å². The molecule has 1 aromatic carbocycles. The highest BCUT2D eigenvalue weighted by Gasteiger charge is 2.58. The molecule has 4 N–H and O–H groups in total. The van der Waals surface area contributed by atoms with E-state index in [0.29, 0.717) is 24.1 Å². The summed E-state index contributed by atoms with van der Waals surface area (Å²) in [5.74, 6) is -3.45. The Morgan fingerprint density at radius 1 is 1.09 bits per heavy atom. The molecule has 1 heterocycles. The standard InChI is InChI=1S/C24H28N2O7/c1-23(2)16(10-11-24(23,3)22(31)32)19(27)26-17(21(29)30)13-14-6-8-15(9-7-14)25-20(28)18-5-4-12-33-18/h4-9,12,16-17H,10-11,13H2,1-3H3,(H,25,28)(H,26,27)(H,29,30)(H,31,32)/t16-,17+,24+/m1/s1. The summed E-state index contributed by atoms with van der Waals surface area (Å²) in [5.41, 5.74) is -0.736. The van der Waals surface area contributed by atoms with E-state index < -0.39 is 46.5 Å². The van der Waals surface area contributed by atoms with Crippen molar-refractivity contribution in [3.8, 4) is 0 Å². The van der Waals surface area contributed by atoms with E-state index in [9.17, 15) is 29.4 Å². The van der Waals surface area contributed by atoms with Crippen LogP contribution in [0, 0.1) is 16.7 Å². The topological polar surface area (TPSA) is 146 Å². The Balaban J connectivity index is 1.65. The minimum absolute atomic E-state index is 0.0385. The van der Waals surface area contributed by atoms with E-state index in [-0.39, 0.29) is 12.2 Å². The summed E-state index contributed by atoms with van der Waals surface area (Å²) in [6.07, 6.45) is 2.15. The number of benzene rings is 1. The SMILES string of the molecule is CC1(C)[C@@H](C(=O)N[C@@H](Cc2ccc(NC(=O)c3ccco3)cc2)C(=O)O)CC[C@@]1(C)C(=O)O. The maximum atomic E-state index is 12.9. The second kappa shape index (κ2) is 9.09. The number of carbonyl (C=O) groups excluding carboxylic acids is 2. The summed E-state index contributed by atoms with van der Waals surface area (Å²) >= 11 is 0. The second-order valence-electron chi connectivity index (χ2n) is 9.18. The first-order valence-electron chi connectivity index (χ1n) is 10.7. The lowest BCUT2D eigenvalue weighted by molar-refractivity contribution is -0.155.